The molecule has 0 saturated carbocycles. The molecule has 2 heterocycles. The Morgan fingerprint density at radius 2 is 1.38 bits per heavy atom. The number of carbonyl (C=O) groups is 1. The lowest BCUT2D eigenvalue weighted by Gasteiger charge is -2.18. The second-order valence-electron chi connectivity index (χ2n) is 12.3. The predicted molar refractivity (Wildman–Crippen MR) is 183 cm³/mol. The first kappa shape index (κ1) is 30.6. The summed E-state index contributed by atoms with van der Waals surface area (Å²) in [4.78, 5) is 13.0. The van der Waals surface area contributed by atoms with Crippen molar-refractivity contribution in [2.45, 2.75) is 37.5 Å². The third-order valence-electron chi connectivity index (χ3n) is 9.34. The number of phenols is 2. The summed E-state index contributed by atoms with van der Waals surface area (Å²) in [5, 5.41) is 22.2. The molecule has 8 rings (SSSR count). The molecule has 0 radical (unpaired) electrons. The van der Waals surface area contributed by atoms with Gasteiger partial charge in [0, 0.05) is 25.2 Å². The second-order valence-corrected chi connectivity index (χ2v) is 12.3. The summed E-state index contributed by atoms with van der Waals surface area (Å²) >= 11 is 0. The summed E-state index contributed by atoms with van der Waals surface area (Å²) in [5.41, 5.74) is 10.1. The summed E-state index contributed by atoms with van der Waals surface area (Å²) in [6, 6.07) is 32.1. The fourth-order valence-corrected chi connectivity index (χ4v) is 6.91. The van der Waals surface area contributed by atoms with E-state index in [9.17, 15) is 15.0 Å². The van der Waals surface area contributed by atoms with Crippen LogP contribution < -0.4 is 5.32 Å². The van der Waals surface area contributed by atoms with E-state index in [1.165, 1.54) is 46.2 Å². The molecule has 2 fully saturated rings. The lowest BCUT2D eigenvalue weighted by molar-refractivity contribution is -0.103. The lowest BCUT2D eigenvalue weighted by Crippen LogP contribution is -2.22. The molecule has 0 amide bonds. The molecule has 0 aromatic heterocycles. The lowest BCUT2D eigenvalue weighted by atomic mass is 9.98. The number of nitrogens with one attached hydrogen (secondary N) is 1. The number of fused-ring (bicyclic) bond motifs is 2. The zero-order valence-electron chi connectivity index (χ0n) is 25.7. The topological polar surface area (TPSA) is 72.8 Å². The van der Waals surface area contributed by atoms with Crippen molar-refractivity contribution in [3.8, 4) is 11.5 Å². The number of benzene rings is 4. The Kier molecular flexibility index (Phi) is 9.89. The van der Waals surface area contributed by atoms with Crippen molar-refractivity contribution in [1.82, 2.24) is 10.2 Å². The maximum atomic E-state index is 10.5. The largest absolute Gasteiger partial charge is 0.508 e. The van der Waals surface area contributed by atoms with Gasteiger partial charge in [-0.25, -0.2) is 0 Å². The van der Waals surface area contributed by atoms with Crippen LogP contribution >= 0.6 is 0 Å². The van der Waals surface area contributed by atoms with Crippen LogP contribution in [0.2, 0.25) is 0 Å². The monoisotopic (exact) mass is 598 g/mol. The summed E-state index contributed by atoms with van der Waals surface area (Å²) in [7, 11) is 0. The minimum atomic E-state index is 0.374. The SMILES string of the molecule is O=CC1=CCc2ccccc21.Oc1cccc(C2CCN(CC3=CCc4ccccc43)C2)c1.Oc1cccc(C2CCNC2)c1. The van der Waals surface area contributed by atoms with Gasteiger partial charge < -0.3 is 15.5 Å². The zero-order valence-corrected chi connectivity index (χ0v) is 25.7. The Morgan fingerprint density at radius 3 is 2.04 bits per heavy atom. The Hall–Kier alpha value is -4.45. The van der Waals surface area contributed by atoms with E-state index in [0.29, 0.717) is 23.3 Å². The van der Waals surface area contributed by atoms with Crippen LogP contribution in [0.5, 0.6) is 11.5 Å². The van der Waals surface area contributed by atoms with E-state index in [0.717, 1.165) is 63.0 Å². The van der Waals surface area contributed by atoms with Crippen molar-refractivity contribution in [3.05, 3.63) is 143 Å². The molecule has 4 aromatic rings. The average molecular weight is 599 g/mol. The standard InChI is InChI=1S/C20H21NO.C10H13NO.C10H8O/c22-19-6-3-5-16(12-19)17-10-11-21(13-17)14-18-9-8-15-4-1-2-7-20(15)18;12-10-3-1-2-8(6-10)9-4-5-11-7-9;11-7-9-6-5-8-3-1-2-4-10(8)9/h1-7,9,12,17,22H,8,10-11,13-14H2;1-3,6,9,11-12H,4-5,7H2;1-4,6-7H,5H2. The van der Waals surface area contributed by atoms with Crippen LogP contribution in [0, 0.1) is 0 Å². The molecule has 4 aliphatic rings. The predicted octanol–water partition coefficient (Wildman–Crippen LogP) is 7.12. The number of aldehydes is 1. The molecular weight excluding hydrogens is 556 g/mol. The smallest absolute Gasteiger partial charge is 0.150 e. The first-order valence-electron chi connectivity index (χ1n) is 16.1. The van der Waals surface area contributed by atoms with Gasteiger partial charge in [-0.15, -0.1) is 0 Å². The van der Waals surface area contributed by atoms with E-state index in [1.807, 2.05) is 48.5 Å². The number of rotatable bonds is 5. The molecule has 0 bridgehead atoms. The van der Waals surface area contributed by atoms with Crippen LogP contribution in [0.25, 0.3) is 11.1 Å². The highest BCUT2D eigenvalue weighted by Gasteiger charge is 2.26. The normalized spacial score (nSPS) is 19.7. The molecule has 230 valence electrons. The third-order valence-corrected chi connectivity index (χ3v) is 9.34. The molecule has 2 saturated heterocycles. The van der Waals surface area contributed by atoms with Gasteiger partial charge in [0.2, 0.25) is 0 Å². The molecule has 4 aromatic carbocycles. The molecule has 2 atom stereocenters. The van der Waals surface area contributed by atoms with Crippen molar-refractivity contribution in [3.63, 3.8) is 0 Å². The van der Waals surface area contributed by atoms with Gasteiger partial charge in [0.15, 0.2) is 0 Å². The molecule has 2 aliphatic carbocycles. The second kappa shape index (κ2) is 14.6. The highest BCUT2D eigenvalue weighted by molar-refractivity contribution is 6.08. The molecule has 5 heteroatoms. The Morgan fingerprint density at radius 1 is 0.733 bits per heavy atom. The van der Waals surface area contributed by atoms with Crippen LogP contribution in [0.15, 0.2) is 109 Å². The van der Waals surface area contributed by atoms with E-state index >= 15 is 0 Å². The summed E-state index contributed by atoms with van der Waals surface area (Å²) < 4.78 is 0. The summed E-state index contributed by atoms with van der Waals surface area (Å²) in [5.74, 6) is 1.89. The summed E-state index contributed by atoms with van der Waals surface area (Å²) in [6.45, 7) is 5.42. The van der Waals surface area contributed by atoms with E-state index in [2.05, 4.69) is 58.8 Å². The average Bonchev–Trinajstić information content (AvgIpc) is 3.90. The van der Waals surface area contributed by atoms with Crippen molar-refractivity contribution in [2.75, 3.05) is 32.7 Å². The minimum absolute atomic E-state index is 0.374. The highest BCUT2D eigenvalue weighted by Crippen LogP contribution is 2.33. The van der Waals surface area contributed by atoms with Gasteiger partial charge >= 0.3 is 0 Å². The molecule has 5 nitrogen and oxygen atoms in total. The molecule has 0 spiro atoms. The van der Waals surface area contributed by atoms with Crippen molar-refractivity contribution in [1.29, 1.82) is 0 Å². The van der Waals surface area contributed by atoms with Crippen molar-refractivity contribution in [2.24, 2.45) is 0 Å². The molecule has 3 N–H and O–H groups in total. The Bertz CT molecular complexity index is 1680. The van der Waals surface area contributed by atoms with E-state index < -0.39 is 0 Å². The molecule has 2 aliphatic heterocycles. The fraction of sp³-hybridized carbons (Fsp3) is 0.275. The fourth-order valence-electron chi connectivity index (χ4n) is 6.91. The van der Waals surface area contributed by atoms with E-state index in [1.54, 1.807) is 12.1 Å². The van der Waals surface area contributed by atoms with Crippen LogP contribution in [0.4, 0.5) is 0 Å². The maximum absolute atomic E-state index is 10.5. The summed E-state index contributed by atoms with van der Waals surface area (Å²) in [6.07, 6.45) is 9.62. The van der Waals surface area contributed by atoms with Gasteiger partial charge in [0.05, 0.1) is 0 Å². The van der Waals surface area contributed by atoms with Gasteiger partial charge in [-0.2, -0.15) is 0 Å². The van der Waals surface area contributed by atoms with Gasteiger partial charge in [-0.05, 0) is 114 Å². The van der Waals surface area contributed by atoms with E-state index in [-0.39, 0.29) is 0 Å². The molecule has 45 heavy (non-hydrogen) atoms. The zero-order chi connectivity index (χ0) is 31.0. The van der Waals surface area contributed by atoms with Crippen molar-refractivity contribution < 1.29 is 15.0 Å². The number of nitrogens with zero attached hydrogens (tertiary/aromatic N) is 1. The number of phenolic OH excluding ortho intramolecular Hbond substituents is 2. The van der Waals surface area contributed by atoms with Crippen LogP contribution in [0.1, 0.15) is 58.1 Å². The highest BCUT2D eigenvalue weighted by atomic mass is 16.3. The first-order chi connectivity index (χ1) is 22.1. The number of likely N-dealkylation sites (tertiary alicyclic amines) is 1. The van der Waals surface area contributed by atoms with Gasteiger partial charge in [-0.1, -0.05) is 84.9 Å². The first-order valence-corrected chi connectivity index (χ1v) is 16.1. The Balaban J connectivity index is 0.000000131. The van der Waals surface area contributed by atoms with Gasteiger partial charge in [0.1, 0.15) is 17.8 Å². The number of allylic oxidation sites excluding steroid dienone is 3. The van der Waals surface area contributed by atoms with Crippen LogP contribution in [-0.4, -0.2) is 54.1 Å². The number of hydrogen-bond donors (Lipinski definition) is 3. The number of hydrogen-bond acceptors (Lipinski definition) is 5. The molecular formula is C40H42N2O3. The third kappa shape index (κ3) is 7.62. The minimum Gasteiger partial charge on any atom is -0.508 e. The quantitative estimate of drug-likeness (QED) is 0.214. The van der Waals surface area contributed by atoms with Crippen LogP contribution in [-0.2, 0) is 17.6 Å². The van der Waals surface area contributed by atoms with E-state index in [4.69, 9.17) is 0 Å². The number of carbonyl (C=O) groups excluding carboxylic acids is 1. The van der Waals surface area contributed by atoms with Gasteiger partial charge in [0.25, 0.3) is 0 Å². The number of aromatic hydroxyl groups is 2. The maximum Gasteiger partial charge on any atom is 0.150 e. The van der Waals surface area contributed by atoms with Crippen molar-refractivity contribution >= 4 is 17.4 Å². The van der Waals surface area contributed by atoms with Gasteiger partial charge in [-0.3, -0.25) is 9.69 Å². The Labute approximate surface area is 266 Å². The molecule has 2 unspecified atom stereocenters. The van der Waals surface area contributed by atoms with Crippen LogP contribution in [0.3, 0.4) is 0 Å².